The molecule has 1 atom stereocenters. The highest BCUT2D eigenvalue weighted by molar-refractivity contribution is 6.31. The molecule has 0 spiro atoms. The first-order chi connectivity index (χ1) is 9.62. The van der Waals surface area contributed by atoms with Crippen molar-refractivity contribution in [2.24, 2.45) is 0 Å². The van der Waals surface area contributed by atoms with Gasteiger partial charge in [-0.1, -0.05) is 44.5 Å². The van der Waals surface area contributed by atoms with Crippen LogP contribution in [0.15, 0.2) is 18.2 Å². The second-order valence-electron chi connectivity index (χ2n) is 5.33. The fourth-order valence-corrected chi connectivity index (χ4v) is 2.57. The first-order valence-electron chi connectivity index (χ1n) is 7.84. The van der Waals surface area contributed by atoms with Gasteiger partial charge < -0.3 is 10.2 Å². The van der Waals surface area contributed by atoms with Gasteiger partial charge in [0.25, 0.3) is 0 Å². The van der Waals surface area contributed by atoms with Crippen molar-refractivity contribution in [1.29, 1.82) is 0 Å². The third-order valence-corrected chi connectivity index (χ3v) is 4.27. The van der Waals surface area contributed by atoms with Gasteiger partial charge in [-0.3, -0.25) is 0 Å². The van der Waals surface area contributed by atoms with Crippen LogP contribution in [0.3, 0.4) is 0 Å². The summed E-state index contributed by atoms with van der Waals surface area (Å²) in [6.07, 6.45) is 2.28. The van der Waals surface area contributed by atoms with Gasteiger partial charge in [-0.15, -0.1) is 0 Å². The summed E-state index contributed by atoms with van der Waals surface area (Å²) in [6, 6.07) is 6.84. The second-order valence-corrected chi connectivity index (χ2v) is 5.74. The second kappa shape index (κ2) is 9.38. The van der Waals surface area contributed by atoms with Crippen molar-refractivity contribution >= 4 is 11.6 Å². The Bertz CT molecular complexity index is 389. The van der Waals surface area contributed by atoms with Crippen LogP contribution in [0.5, 0.6) is 0 Å². The number of rotatable bonds is 9. The summed E-state index contributed by atoms with van der Waals surface area (Å²) in [5.41, 5.74) is 2.45. The van der Waals surface area contributed by atoms with Crippen molar-refractivity contribution in [1.82, 2.24) is 10.2 Å². The fraction of sp³-hybridized carbons (Fsp3) is 0.647. The summed E-state index contributed by atoms with van der Waals surface area (Å²) in [7, 11) is 0. The zero-order valence-electron chi connectivity index (χ0n) is 13.4. The maximum atomic E-state index is 6.27. The summed E-state index contributed by atoms with van der Waals surface area (Å²) < 4.78 is 0. The lowest BCUT2D eigenvalue weighted by molar-refractivity contribution is 0.282. The van der Waals surface area contributed by atoms with E-state index in [1.54, 1.807) is 0 Å². The molecule has 0 saturated carbocycles. The third kappa shape index (κ3) is 5.43. The van der Waals surface area contributed by atoms with Gasteiger partial charge in [0.05, 0.1) is 0 Å². The molecular formula is C17H29ClN2. The molecule has 0 aliphatic carbocycles. The van der Waals surface area contributed by atoms with E-state index in [0.717, 1.165) is 49.6 Å². The molecule has 0 radical (unpaired) electrons. The number of aryl methyl sites for hydroxylation is 1. The van der Waals surface area contributed by atoms with Gasteiger partial charge in [0, 0.05) is 11.1 Å². The van der Waals surface area contributed by atoms with Crippen LogP contribution in [0.25, 0.3) is 0 Å². The molecule has 2 nitrogen and oxygen atoms in total. The first-order valence-corrected chi connectivity index (χ1v) is 8.21. The minimum atomic E-state index is 0.397. The Morgan fingerprint density at radius 1 is 1.20 bits per heavy atom. The van der Waals surface area contributed by atoms with Crippen LogP contribution in [0.2, 0.25) is 5.02 Å². The van der Waals surface area contributed by atoms with Gasteiger partial charge in [-0.05, 0) is 63.1 Å². The van der Waals surface area contributed by atoms with Crippen LogP contribution in [-0.4, -0.2) is 31.1 Å². The van der Waals surface area contributed by atoms with Crippen molar-refractivity contribution in [3.8, 4) is 0 Å². The van der Waals surface area contributed by atoms with E-state index in [1.807, 2.05) is 0 Å². The number of halogens is 1. The third-order valence-electron chi connectivity index (χ3n) is 3.87. The summed E-state index contributed by atoms with van der Waals surface area (Å²) in [6.45, 7) is 13.1. The Hall–Kier alpha value is -0.570. The van der Waals surface area contributed by atoms with Gasteiger partial charge in [-0.2, -0.15) is 0 Å². The molecule has 20 heavy (non-hydrogen) atoms. The normalized spacial score (nSPS) is 12.9. The van der Waals surface area contributed by atoms with Crippen molar-refractivity contribution in [2.45, 2.75) is 46.6 Å². The number of nitrogens with one attached hydrogen (secondary N) is 1. The molecule has 0 aliphatic heterocycles. The predicted octanol–water partition coefficient (Wildman–Crippen LogP) is 4.42. The van der Waals surface area contributed by atoms with Gasteiger partial charge in [-0.25, -0.2) is 0 Å². The van der Waals surface area contributed by atoms with Crippen LogP contribution in [0, 0.1) is 6.92 Å². The molecule has 1 N–H and O–H groups in total. The maximum absolute atomic E-state index is 6.27. The van der Waals surface area contributed by atoms with E-state index in [-0.39, 0.29) is 0 Å². The molecule has 1 rings (SSSR count). The molecule has 1 aromatic rings. The van der Waals surface area contributed by atoms with Gasteiger partial charge in [0.15, 0.2) is 0 Å². The van der Waals surface area contributed by atoms with Gasteiger partial charge in [0.1, 0.15) is 0 Å². The van der Waals surface area contributed by atoms with E-state index >= 15 is 0 Å². The van der Waals surface area contributed by atoms with E-state index in [0.29, 0.717) is 6.04 Å². The van der Waals surface area contributed by atoms with Gasteiger partial charge in [0.2, 0.25) is 0 Å². The van der Waals surface area contributed by atoms with E-state index in [1.165, 1.54) is 5.56 Å². The Morgan fingerprint density at radius 2 is 1.90 bits per heavy atom. The van der Waals surface area contributed by atoms with E-state index in [9.17, 15) is 0 Å². The van der Waals surface area contributed by atoms with E-state index in [4.69, 9.17) is 11.6 Å². The smallest absolute Gasteiger partial charge is 0.0438 e. The number of hydrogen-bond acceptors (Lipinski definition) is 2. The highest BCUT2D eigenvalue weighted by atomic mass is 35.5. The van der Waals surface area contributed by atoms with Crippen LogP contribution in [-0.2, 0) is 0 Å². The predicted molar refractivity (Wildman–Crippen MR) is 89.6 cm³/mol. The summed E-state index contributed by atoms with van der Waals surface area (Å²) in [5, 5.41) is 4.52. The molecular weight excluding hydrogens is 268 g/mol. The maximum Gasteiger partial charge on any atom is 0.0438 e. The largest absolute Gasteiger partial charge is 0.310 e. The lowest BCUT2D eigenvalue weighted by Gasteiger charge is -2.24. The molecule has 0 amide bonds. The van der Waals surface area contributed by atoms with Crippen LogP contribution >= 0.6 is 11.6 Å². The Balaban J connectivity index is 2.74. The fourth-order valence-electron chi connectivity index (χ4n) is 2.38. The topological polar surface area (TPSA) is 15.3 Å². The monoisotopic (exact) mass is 296 g/mol. The standard InChI is InChI=1S/C17H29ClN2/c1-5-11-19-17(10-12-20(6-2)7-3)15-9-8-14(4)16(18)13-15/h8-9,13,17,19H,5-7,10-12H2,1-4H3. The lowest BCUT2D eigenvalue weighted by atomic mass is 10.0. The molecule has 0 fully saturated rings. The molecule has 0 saturated heterocycles. The van der Waals surface area contributed by atoms with E-state index < -0.39 is 0 Å². The van der Waals surface area contributed by atoms with E-state index in [2.05, 4.69) is 56.1 Å². The molecule has 1 unspecified atom stereocenters. The van der Waals surface area contributed by atoms with Crippen molar-refractivity contribution in [3.63, 3.8) is 0 Å². The lowest BCUT2D eigenvalue weighted by Crippen LogP contribution is -2.29. The number of benzene rings is 1. The molecule has 0 bridgehead atoms. The van der Waals surface area contributed by atoms with Crippen LogP contribution < -0.4 is 5.32 Å². The summed E-state index contributed by atoms with van der Waals surface area (Å²) in [4.78, 5) is 2.47. The highest BCUT2D eigenvalue weighted by Crippen LogP contribution is 2.23. The summed E-state index contributed by atoms with van der Waals surface area (Å²) >= 11 is 6.27. The highest BCUT2D eigenvalue weighted by Gasteiger charge is 2.13. The molecule has 114 valence electrons. The number of hydrogen-bond donors (Lipinski definition) is 1. The average Bonchev–Trinajstić information content (AvgIpc) is 2.46. The minimum absolute atomic E-state index is 0.397. The number of nitrogens with zero attached hydrogens (tertiary/aromatic N) is 1. The Labute approximate surface area is 129 Å². The first kappa shape index (κ1) is 17.5. The SMILES string of the molecule is CCCNC(CCN(CC)CC)c1ccc(C)c(Cl)c1. The van der Waals surface area contributed by atoms with Crippen molar-refractivity contribution in [2.75, 3.05) is 26.2 Å². The minimum Gasteiger partial charge on any atom is -0.310 e. The Morgan fingerprint density at radius 3 is 2.45 bits per heavy atom. The van der Waals surface area contributed by atoms with Crippen molar-refractivity contribution in [3.05, 3.63) is 34.3 Å². The molecule has 1 aromatic carbocycles. The molecule has 0 aromatic heterocycles. The zero-order chi connectivity index (χ0) is 15.0. The van der Waals surface area contributed by atoms with Gasteiger partial charge >= 0.3 is 0 Å². The zero-order valence-corrected chi connectivity index (χ0v) is 14.1. The summed E-state index contributed by atoms with van der Waals surface area (Å²) in [5.74, 6) is 0. The average molecular weight is 297 g/mol. The van der Waals surface area contributed by atoms with Crippen molar-refractivity contribution < 1.29 is 0 Å². The Kier molecular flexibility index (Phi) is 8.20. The van der Waals surface area contributed by atoms with Crippen LogP contribution in [0.4, 0.5) is 0 Å². The quantitative estimate of drug-likeness (QED) is 0.725. The molecule has 0 aliphatic rings. The molecule has 3 heteroatoms. The molecule has 0 heterocycles. The van der Waals surface area contributed by atoms with Crippen LogP contribution in [0.1, 0.15) is 50.8 Å².